The highest BCUT2D eigenvalue weighted by Gasteiger charge is 2.15. The SMILES string of the molecule is O=C(Cc1cc2cc(-c3cnccn3)ncc2cn1)CN1CCOCC1. The number of hydrogen-bond acceptors (Lipinski definition) is 7. The third-order valence-corrected chi connectivity index (χ3v) is 4.37. The van der Waals surface area contributed by atoms with E-state index in [0.29, 0.717) is 26.2 Å². The molecule has 1 fully saturated rings. The molecule has 26 heavy (non-hydrogen) atoms. The van der Waals surface area contributed by atoms with E-state index in [1.165, 1.54) is 0 Å². The summed E-state index contributed by atoms with van der Waals surface area (Å²) >= 11 is 0. The first-order valence-corrected chi connectivity index (χ1v) is 8.61. The van der Waals surface area contributed by atoms with Gasteiger partial charge >= 0.3 is 0 Å². The lowest BCUT2D eigenvalue weighted by molar-refractivity contribution is -0.120. The average molecular weight is 349 g/mol. The Morgan fingerprint density at radius 2 is 1.81 bits per heavy atom. The van der Waals surface area contributed by atoms with E-state index >= 15 is 0 Å². The van der Waals surface area contributed by atoms with Crippen LogP contribution in [0.4, 0.5) is 0 Å². The van der Waals surface area contributed by atoms with E-state index in [2.05, 4.69) is 24.8 Å². The molecule has 4 heterocycles. The van der Waals surface area contributed by atoms with Crippen molar-refractivity contribution in [1.29, 1.82) is 0 Å². The average Bonchev–Trinajstić information content (AvgIpc) is 2.69. The van der Waals surface area contributed by atoms with E-state index in [4.69, 9.17) is 4.74 Å². The van der Waals surface area contributed by atoms with Gasteiger partial charge in [0.1, 0.15) is 5.69 Å². The lowest BCUT2D eigenvalue weighted by atomic mass is 10.1. The van der Waals surface area contributed by atoms with Crippen LogP contribution in [0, 0.1) is 0 Å². The Bertz CT molecular complexity index is 910. The topological polar surface area (TPSA) is 81.1 Å². The van der Waals surface area contributed by atoms with Crippen molar-refractivity contribution < 1.29 is 9.53 Å². The molecule has 0 radical (unpaired) electrons. The number of morpholine rings is 1. The summed E-state index contributed by atoms with van der Waals surface area (Å²) in [5.41, 5.74) is 2.24. The number of Topliss-reactive ketones (excluding diaryl/α,β-unsaturated/α-hetero) is 1. The van der Waals surface area contributed by atoms with Crippen molar-refractivity contribution in [3.8, 4) is 11.4 Å². The Balaban J connectivity index is 1.51. The highest BCUT2D eigenvalue weighted by Crippen LogP contribution is 2.20. The van der Waals surface area contributed by atoms with Gasteiger partial charge in [-0.1, -0.05) is 0 Å². The fourth-order valence-corrected chi connectivity index (χ4v) is 3.02. The van der Waals surface area contributed by atoms with Gasteiger partial charge in [-0.25, -0.2) is 0 Å². The smallest absolute Gasteiger partial charge is 0.152 e. The Labute approximate surface area is 151 Å². The zero-order valence-electron chi connectivity index (χ0n) is 14.3. The van der Waals surface area contributed by atoms with Gasteiger partial charge in [0, 0.05) is 49.0 Å². The highest BCUT2D eigenvalue weighted by molar-refractivity contribution is 5.87. The van der Waals surface area contributed by atoms with E-state index < -0.39 is 0 Å². The molecule has 0 unspecified atom stereocenters. The Morgan fingerprint density at radius 1 is 0.962 bits per heavy atom. The molecule has 4 rings (SSSR count). The summed E-state index contributed by atoms with van der Waals surface area (Å²) in [7, 11) is 0. The van der Waals surface area contributed by atoms with Crippen molar-refractivity contribution in [3.63, 3.8) is 0 Å². The van der Waals surface area contributed by atoms with E-state index in [-0.39, 0.29) is 5.78 Å². The van der Waals surface area contributed by atoms with Crippen LogP contribution in [-0.4, -0.2) is 63.5 Å². The van der Waals surface area contributed by atoms with E-state index in [9.17, 15) is 4.79 Å². The van der Waals surface area contributed by atoms with Crippen LogP contribution >= 0.6 is 0 Å². The largest absolute Gasteiger partial charge is 0.379 e. The minimum Gasteiger partial charge on any atom is -0.379 e. The fraction of sp³-hybridized carbons (Fsp3) is 0.316. The van der Waals surface area contributed by atoms with Crippen molar-refractivity contribution >= 4 is 16.6 Å². The number of carbonyl (C=O) groups is 1. The molecule has 0 aromatic carbocycles. The third-order valence-electron chi connectivity index (χ3n) is 4.37. The van der Waals surface area contributed by atoms with Crippen LogP contribution in [0.25, 0.3) is 22.2 Å². The molecule has 0 amide bonds. The first-order valence-electron chi connectivity index (χ1n) is 8.61. The number of hydrogen-bond donors (Lipinski definition) is 0. The van der Waals surface area contributed by atoms with Gasteiger partial charge in [0.25, 0.3) is 0 Å². The standard InChI is InChI=1S/C19H19N5O2/c25-17(13-24-3-5-26-6-4-24)9-16-7-14-8-18(19-12-20-1-2-21-19)23-11-15(14)10-22-16/h1-2,7-8,10-12H,3-6,9,13H2. The molecule has 7 heteroatoms. The lowest BCUT2D eigenvalue weighted by Gasteiger charge is -2.25. The van der Waals surface area contributed by atoms with Gasteiger partial charge in [-0.2, -0.15) is 0 Å². The molecular weight excluding hydrogens is 330 g/mol. The quantitative estimate of drug-likeness (QED) is 0.691. The monoisotopic (exact) mass is 349 g/mol. The van der Waals surface area contributed by atoms with Crippen molar-refractivity contribution in [2.75, 3.05) is 32.8 Å². The molecule has 0 spiro atoms. The van der Waals surface area contributed by atoms with E-state index in [1.807, 2.05) is 12.1 Å². The first kappa shape index (κ1) is 16.7. The summed E-state index contributed by atoms with van der Waals surface area (Å²) in [4.78, 5) is 31.7. The maximum atomic E-state index is 12.4. The van der Waals surface area contributed by atoms with Crippen molar-refractivity contribution in [2.24, 2.45) is 0 Å². The summed E-state index contributed by atoms with van der Waals surface area (Å²) in [6, 6.07) is 3.91. The van der Waals surface area contributed by atoms with Crippen LogP contribution in [0.1, 0.15) is 5.69 Å². The number of fused-ring (bicyclic) bond motifs is 1. The summed E-state index contributed by atoms with van der Waals surface area (Å²) < 4.78 is 5.31. The number of aromatic nitrogens is 4. The molecular formula is C19H19N5O2. The number of ketones is 1. The Kier molecular flexibility index (Phi) is 4.90. The van der Waals surface area contributed by atoms with Crippen LogP contribution in [0.3, 0.4) is 0 Å². The maximum absolute atomic E-state index is 12.4. The number of nitrogens with zero attached hydrogens (tertiary/aromatic N) is 5. The molecule has 132 valence electrons. The molecule has 1 aliphatic heterocycles. The zero-order chi connectivity index (χ0) is 17.8. The molecule has 0 atom stereocenters. The normalized spacial score (nSPS) is 15.2. The number of rotatable bonds is 5. The van der Waals surface area contributed by atoms with Gasteiger partial charge in [0.2, 0.25) is 0 Å². The second-order valence-corrected chi connectivity index (χ2v) is 6.29. The molecule has 7 nitrogen and oxygen atoms in total. The molecule has 3 aromatic rings. The predicted octanol–water partition coefficient (Wildman–Crippen LogP) is 1.53. The summed E-state index contributed by atoms with van der Waals surface area (Å²) in [6.45, 7) is 3.46. The second kappa shape index (κ2) is 7.63. The van der Waals surface area contributed by atoms with Gasteiger partial charge in [-0.15, -0.1) is 0 Å². The van der Waals surface area contributed by atoms with Gasteiger partial charge in [0.15, 0.2) is 5.78 Å². The minimum absolute atomic E-state index is 0.168. The first-order chi connectivity index (χ1) is 12.8. The number of carbonyl (C=O) groups excluding carboxylic acids is 1. The highest BCUT2D eigenvalue weighted by atomic mass is 16.5. The van der Waals surface area contributed by atoms with Crippen LogP contribution in [0.2, 0.25) is 0 Å². The van der Waals surface area contributed by atoms with Gasteiger partial charge in [-0.05, 0) is 17.5 Å². The van der Waals surface area contributed by atoms with Crippen molar-refractivity contribution in [3.05, 3.63) is 48.8 Å². The fourth-order valence-electron chi connectivity index (χ4n) is 3.02. The Morgan fingerprint density at radius 3 is 2.62 bits per heavy atom. The van der Waals surface area contributed by atoms with Crippen LogP contribution in [-0.2, 0) is 16.0 Å². The van der Waals surface area contributed by atoms with Gasteiger partial charge in [0.05, 0.1) is 38.1 Å². The predicted molar refractivity (Wildman–Crippen MR) is 96.5 cm³/mol. The van der Waals surface area contributed by atoms with Crippen molar-refractivity contribution in [1.82, 2.24) is 24.8 Å². The molecule has 0 aliphatic carbocycles. The second-order valence-electron chi connectivity index (χ2n) is 6.29. The van der Waals surface area contributed by atoms with E-state index in [1.54, 1.807) is 31.0 Å². The van der Waals surface area contributed by atoms with Gasteiger partial charge < -0.3 is 4.74 Å². The van der Waals surface area contributed by atoms with Crippen LogP contribution in [0.15, 0.2) is 43.1 Å². The lowest BCUT2D eigenvalue weighted by Crippen LogP contribution is -2.39. The molecule has 0 saturated carbocycles. The van der Waals surface area contributed by atoms with Crippen molar-refractivity contribution in [2.45, 2.75) is 6.42 Å². The molecule has 0 N–H and O–H groups in total. The van der Waals surface area contributed by atoms with Crippen LogP contribution in [0.5, 0.6) is 0 Å². The summed E-state index contributed by atoms with van der Waals surface area (Å²) in [6.07, 6.45) is 8.82. The van der Waals surface area contributed by atoms with Gasteiger partial charge in [-0.3, -0.25) is 29.6 Å². The summed E-state index contributed by atoms with van der Waals surface area (Å²) in [5.74, 6) is 0.168. The van der Waals surface area contributed by atoms with E-state index in [0.717, 1.165) is 40.9 Å². The molecule has 3 aromatic heterocycles. The molecule has 0 bridgehead atoms. The maximum Gasteiger partial charge on any atom is 0.152 e. The zero-order valence-corrected chi connectivity index (χ0v) is 14.3. The molecule has 1 saturated heterocycles. The minimum atomic E-state index is 0.168. The number of ether oxygens (including phenoxy) is 1. The molecule has 1 aliphatic rings. The Hall–Kier alpha value is -2.77. The number of pyridine rings is 2. The summed E-state index contributed by atoms with van der Waals surface area (Å²) in [5, 5.41) is 1.92. The van der Waals surface area contributed by atoms with Crippen LogP contribution < -0.4 is 0 Å². The third kappa shape index (κ3) is 3.89.